The molecule has 0 fully saturated rings. The van der Waals surface area contributed by atoms with E-state index >= 15 is 0 Å². The number of rotatable bonds is 4. The fourth-order valence-electron chi connectivity index (χ4n) is 8.03. The van der Waals surface area contributed by atoms with E-state index in [2.05, 4.69) is 132 Å². The van der Waals surface area contributed by atoms with Crippen LogP contribution >= 0.6 is 11.3 Å². The number of hydrogen-bond donors (Lipinski definition) is 0. The number of para-hydroxylation sites is 1. The summed E-state index contributed by atoms with van der Waals surface area (Å²) in [5, 5.41) is 4.91. The van der Waals surface area contributed by atoms with Crippen LogP contribution in [0.1, 0.15) is 11.1 Å². The largest absolute Gasteiger partial charge is 0.456 e. The molecule has 4 heterocycles. The van der Waals surface area contributed by atoms with Crippen molar-refractivity contribution in [2.75, 3.05) is 4.90 Å². The average Bonchev–Trinajstić information content (AvgIpc) is 3.74. The van der Waals surface area contributed by atoms with Crippen molar-refractivity contribution in [3.8, 4) is 33.8 Å². The molecule has 0 aliphatic carbocycles. The maximum absolute atomic E-state index is 6.30. The van der Waals surface area contributed by atoms with Crippen LogP contribution in [0.4, 0.5) is 17.2 Å². The van der Waals surface area contributed by atoms with E-state index in [0.717, 1.165) is 74.4 Å². The Balaban J connectivity index is 1.14. The van der Waals surface area contributed by atoms with E-state index in [9.17, 15) is 0 Å². The molecular formula is C48H31N3OS. The van der Waals surface area contributed by atoms with Crippen molar-refractivity contribution in [2.24, 2.45) is 0 Å². The van der Waals surface area contributed by atoms with Crippen molar-refractivity contribution in [3.63, 3.8) is 0 Å². The normalized spacial score (nSPS) is 12.7. The Morgan fingerprint density at radius 2 is 1.17 bits per heavy atom. The van der Waals surface area contributed by atoms with Crippen LogP contribution < -0.4 is 4.90 Å². The zero-order valence-electron chi connectivity index (χ0n) is 28.7. The number of nitrogens with zero attached hydrogens (tertiary/aromatic N) is 3. The number of aryl methyl sites for hydroxylation is 2. The molecule has 0 radical (unpaired) electrons. The van der Waals surface area contributed by atoms with Gasteiger partial charge in [-0.05, 0) is 77.6 Å². The summed E-state index contributed by atoms with van der Waals surface area (Å²) in [6.45, 7) is 0. The molecule has 10 aromatic rings. The Morgan fingerprint density at radius 3 is 2.04 bits per heavy atom. The summed E-state index contributed by atoms with van der Waals surface area (Å²) < 4.78 is 8.96. The van der Waals surface area contributed by atoms with Gasteiger partial charge in [0, 0.05) is 48.1 Å². The number of benzene rings is 7. The number of thiophene rings is 1. The Bertz CT molecular complexity index is 2960. The van der Waals surface area contributed by atoms with Gasteiger partial charge in [-0.15, -0.1) is 11.3 Å². The highest BCUT2D eigenvalue weighted by atomic mass is 32.1. The second-order valence-electron chi connectivity index (χ2n) is 13.7. The molecule has 1 aliphatic heterocycles. The first kappa shape index (κ1) is 30.1. The molecule has 0 amide bonds. The first-order chi connectivity index (χ1) is 26.2. The zero-order valence-corrected chi connectivity index (χ0v) is 29.5. The lowest BCUT2D eigenvalue weighted by Gasteiger charge is -2.27. The lowest BCUT2D eigenvalue weighted by molar-refractivity contribution is 0.669. The number of anilines is 3. The summed E-state index contributed by atoms with van der Waals surface area (Å²) in [7, 11) is 0. The van der Waals surface area contributed by atoms with E-state index in [1.165, 1.54) is 36.9 Å². The van der Waals surface area contributed by atoms with Crippen molar-refractivity contribution in [2.45, 2.75) is 12.8 Å². The standard InChI is InChI=1S/C48H31N3OS/c1-3-11-30(12-4-1)40-29-46(50-48(49-40)31-13-5-2-6-14-31)51-41-25-21-32(33-19-22-36-35-15-7-9-17-43(35)52-44(36)28-33)27-34(41)20-23-39-42(51)26-24-38-37-16-8-10-18-45(37)53-47(38)39/h1-19,21-22,24-29H,20,23H2. The second kappa shape index (κ2) is 12.0. The lowest BCUT2D eigenvalue weighted by atomic mass is 9.97. The fraction of sp³-hybridized carbons (Fsp3) is 0.0417. The van der Waals surface area contributed by atoms with Gasteiger partial charge < -0.3 is 4.42 Å². The Morgan fingerprint density at radius 1 is 0.491 bits per heavy atom. The van der Waals surface area contributed by atoms with Crippen LogP contribution in [-0.2, 0) is 12.8 Å². The van der Waals surface area contributed by atoms with Gasteiger partial charge in [0.1, 0.15) is 17.0 Å². The third-order valence-electron chi connectivity index (χ3n) is 10.6. The van der Waals surface area contributed by atoms with Gasteiger partial charge >= 0.3 is 0 Å². The van der Waals surface area contributed by atoms with Gasteiger partial charge in [-0.3, -0.25) is 4.90 Å². The summed E-state index contributed by atoms with van der Waals surface area (Å²) in [5.74, 6) is 1.55. The van der Waals surface area contributed by atoms with Crippen LogP contribution in [0.3, 0.4) is 0 Å². The predicted octanol–water partition coefficient (Wildman–Crippen LogP) is 13.3. The van der Waals surface area contributed by atoms with Crippen LogP contribution in [0.2, 0.25) is 0 Å². The SMILES string of the molecule is c1ccc(-c2cc(N3c4ccc(-c5ccc6c(c5)oc5ccccc56)cc4CCc4c3ccc3c4sc4ccccc43)nc(-c3ccccc3)n2)cc1. The molecule has 7 aromatic carbocycles. The molecule has 3 aromatic heterocycles. The van der Waals surface area contributed by atoms with E-state index in [1.54, 1.807) is 0 Å². The van der Waals surface area contributed by atoms with Crippen molar-refractivity contribution in [1.82, 2.24) is 9.97 Å². The zero-order chi connectivity index (χ0) is 34.9. The molecule has 0 atom stereocenters. The van der Waals surface area contributed by atoms with Crippen LogP contribution in [0.15, 0.2) is 168 Å². The van der Waals surface area contributed by atoms with Crippen LogP contribution in [0.5, 0.6) is 0 Å². The van der Waals surface area contributed by atoms with E-state index in [-0.39, 0.29) is 0 Å². The van der Waals surface area contributed by atoms with Gasteiger partial charge in [0.25, 0.3) is 0 Å². The third kappa shape index (κ3) is 4.96. The molecule has 4 nitrogen and oxygen atoms in total. The van der Waals surface area contributed by atoms with Crippen LogP contribution in [0, 0.1) is 0 Å². The molecule has 250 valence electrons. The fourth-order valence-corrected chi connectivity index (χ4v) is 9.30. The maximum atomic E-state index is 6.30. The van der Waals surface area contributed by atoms with Gasteiger partial charge in [0.2, 0.25) is 0 Å². The van der Waals surface area contributed by atoms with Gasteiger partial charge in [0.05, 0.1) is 17.1 Å². The van der Waals surface area contributed by atoms with Crippen LogP contribution in [-0.4, -0.2) is 9.97 Å². The van der Waals surface area contributed by atoms with Gasteiger partial charge in [-0.2, -0.15) is 0 Å². The topological polar surface area (TPSA) is 42.2 Å². The lowest BCUT2D eigenvalue weighted by Crippen LogP contribution is -2.14. The molecule has 1 aliphatic rings. The average molecular weight is 698 g/mol. The molecular weight excluding hydrogens is 667 g/mol. The molecule has 0 bridgehead atoms. The highest BCUT2D eigenvalue weighted by Gasteiger charge is 2.27. The highest BCUT2D eigenvalue weighted by Crippen LogP contribution is 2.48. The summed E-state index contributed by atoms with van der Waals surface area (Å²) in [5.41, 5.74) is 12.0. The minimum Gasteiger partial charge on any atom is -0.456 e. The molecule has 53 heavy (non-hydrogen) atoms. The molecule has 11 rings (SSSR count). The molecule has 0 spiro atoms. The Kier molecular flexibility index (Phi) is 6.82. The van der Waals surface area contributed by atoms with Crippen molar-refractivity contribution in [1.29, 1.82) is 0 Å². The summed E-state index contributed by atoms with van der Waals surface area (Å²) >= 11 is 1.89. The van der Waals surface area contributed by atoms with Gasteiger partial charge in [-0.1, -0.05) is 115 Å². The predicted molar refractivity (Wildman–Crippen MR) is 221 cm³/mol. The van der Waals surface area contributed by atoms with Crippen molar-refractivity contribution >= 4 is 70.6 Å². The second-order valence-corrected chi connectivity index (χ2v) is 14.7. The molecule has 0 unspecified atom stereocenters. The van der Waals surface area contributed by atoms with Crippen LogP contribution in [0.25, 0.3) is 75.9 Å². The Hall–Kier alpha value is -6.56. The number of fused-ring (bicyclic) bond motifs is 9. The van der Waals surface area contributed by atoms with E-state index in [4.69, 9.17) is 14.4 Å². The summed E-state index contributed by atoms with van der Waals surface area (Å²) in [4.78, 5) is 12.9. The van der Waals surface area contributed by atoms with Crippen molar-refractivity contribution in [3.05, 3.63) is 175 Å². The molecule has 0 saturated carbocycles. The van der Waals surface area contributed by atoms with Gasteiger partial charge in [-0.25, -0.2) is 9.97 Å². The molecule has 0 N–H and O–H groups in total. The number of aromatic nitrogens is 2. The minimum absolute atomic E-state index is 0.702. The van der Waals surface area contributed by atoms with Crippen molar-refractivity contribution < 1.29 is 4.42 Å². The summed E-state index contributed by atoms with van der Waals surface area (Å²) in [6.07, 6.45) is 1.81. The monoisotopic (exact) mass is 697 g/mol. The first-order valence-electron chi connectivity index (χ1n) is 18.0. The number of hydrogen-bond acceptors (Lipinski definition) is 5. The third-order valence-corrected chi connectivity index (χ3v) is 11.8. The smallest absolute Gasteiger partial charge is 0.162 e. The minimum atomic E-state index is 0.702. The van der Waals surface area contributed by atoms with E-state index in [1.807, 2.05) is 47.7 Å². The maximum Gasteiger partial charge on any atom is 0.162 e. The molecule has 0 saturated heterocycles. The summed E-state index contributed by atoms with van der Waals surface area (Å²) in [6, 6.07) is 58.0. The highest BCUT2D eigenvalue weighted by molar-refractivity contribution is 7.26. The quantitative estimate of drug-likeness (QED) is 0.184. The van der Waals surface area contributed by atoms with E-state index in [0.29, 0.717) is 5.82 Å². The van der Waals surface area contributed by atoms with E-state index < -0.39 is 0 Å². The number of furan rings is 1. The van der Waals surface area contributed by atoms with Gasteiger partial charge in [0.15, 0.2) is 5.82 Å². The molecule has 5 heteroatoms. The first-order valence-corrected chi connectivity index (χ1v) is 18.8. The Labute approximate surface area is 310 Å².